The Hall–Kier alpha value is -3.77. The van der Waals surface area contributed by atoms with Crippen molar-refractivity contribution in [2.75, 3.05) is 13.2 Å². The average molecular weight is 663 g/mol. The maximum atomic E-state index is 13.4. The number of benzene rings is 1. The van der Waals surface area contributed by atoms with Crippen molar-refractivity contribution >= 4 is 33.9 Å². The number of fused-ring (bicyclic) bond motifs is 1. The van der Waals surface area contributed by atoms with Crippen LogP contribution in [0.5, 0.6) is 11.5 Å². The standard InChI is InChI=1S/C27H36F2N4O11S/c1-14(2)9-18(24(36)31-19(25(37)45(39,40)41)11-16-7-8-30-23(16)35)32-26(38)42-13-17-4-6-22(34)33(17)12-15-3-5-20-21(10-15)44-27(28,29)43-20/h3,5,10,14,16-19,25,37H,4,6-9,11-13H2,1-2H3,(H,30,35)(H,31,36)(H,32,38)(H,39,40,41)/t16-,17-,18-,19-,25?/m0/s1. The molecule has 3 heterocycles. The Bertz CT molecular complexity index is 1410. The number of halogens is 2. The van der Waals surface area contributed by atoms with Gasteiger partial charge in [0, 0.05) is 25.4 Å². The van der Waals surface area contributed by atoms with Crippen LogP contribution in [0.2, 0.25) is 0 Å². The third-order valence-electron chi connectivity index (χ3n) is 7.67. The first kappa shape index (κ1) is 34.1. The highest BCUT2D eigenvalue weighted by molar-refractivity contribution is 7.86. The van der Waals surface area contributed by atoms with E-state index in [2.05, 4.69) is 25.4 Å². The summed E-state index contributed by atoms with van der Waals surface area (Å²) in [6.45, 7) is 3.62. The van der Waals surface area contributed by atoms with Crippen LogP contribution < -0.4 is 25.4 Å². The molecule has 5 N–H and O–H groups in total. The topological polar surface area (TPSA) is 210 Å². The van der Waals surface area contributed by atoms with Gasteiger partial charge in [0.25, 0.3) is 10.1 Å². The van der Waals surface area contributed by atoms with Crippen LogP contribution in [0.15, 0.2) is 18.2 Å². The van der Waals surface area contributed by atoms with Crippen LogP contribution in [-0.4, -0.2) is 89.8 Å². The fourth-order valence-corrected chi connectivity index (χ4v) is 6.04. The van der Waals surface area contributed by atoms with Crippen molar-refractivity contribution in [3.05, 3.63) is 23.8 Å². The van der Waals surface area contributed by atoms with Crippen molar-refractivity contribution in [2.45, 2.75) is 82.4 Å². The van der Waals surface area contributed by atoms with Gasteiger partial charge in [-0.2, -0.15) is 8.42 Å². The summed E-state index contributed by atoms with van der Waals surface area (Å²) in [5.74, 6) is -2.70. The molecule has 18 heteroatoms. The number of ether oxygens (including phenoxy) is 3. The molecule has 4 amide bonds. The monoisotopic (exact) mass is 662 g/mol. The minimum absolute atomic E-state index is 0.0194. The third-order valence-corrected chi connectivity index (χ3v) is 8.61. The number of nitrogens with one attached hydrogen (secondary N) is 3. The van der Waals surface area contributed by atoms with Gasteiger partial charge in [0.05, 0.1) is 12.1 Å². The van der Waals surface area contributed by atoms with Gasteiger partial charge in [-0.05, 0) is 49.3 Å². The molecule has 4 rings (SSSR count). The predicted octanol–water partition coefficient (Wildman–Crippen LogP) is 0.857. The molecule has 45 heavy (non-hydrogen) atoms. The lowest BCUT2D eigenvalue weighted by Gasteiger charge is -2.28. The number of alkyl carbamates (subject to hydrolysis) is 1. The second-order valence-corrected chi connectivity index (χ2v) is 13.1. The Morgan fingerprint density at radius 2 is 1.89 bits per heavy atom. The van der Waals surface area contributed by atoms with Gasteiger partial charge in [-0.3, -0.25) is 18.9 Å². The average Bonchev–Trinajstić information content (AvgIpc) is 3.60. The number of aliphatic hydroxyl groups is 1. The summed E-state index contributed by atoms with van der Waals surface area (Å²) in [4.78, 5) is 52.0. The summed E-state index contributed by atoms with van der Waals surface area (Å²) in [6, 6.07) is 0.757. The molecule has 0 bridgehead atoms. The fourth-order valence-electron chi connectivity index (χ4n) is 5.44. The number of carbonyl (C=O) groups excluding carboxylic acids is 4. The molecule has 3 aliphatic heterocycles. The summed E-state index contributed by atoms with van der Waals surface area (Å²) in [5.41, 5.74) is -1.95. The number of carbonyl (C=O) groups is 4. The SMILES string of the molecule is CC(C)C[C@H](NC(=O)OC[C@@H]1CCC(=O)N1Cc1ccc2c(c1)OC(F)(F)O2)C(=O)N[C@@H](C[C@@H]1CCNC1=O)C(O)S(=O)(=O)O. The van der Waals surface area contributed by atoms with E-state index in [1.54, 1.807) is 13.8 Å². The molecule has 2 saturated heterocycles. The lowest BCUT2D eigenvalue weighted by atomic mass is 9.97. The summed E-state index contributed by atoms with van der Waals surface area (Å²) < 4.78 is 73.7. The number of amides is 4. The van der Waals surface area contributed by atoms with Gasteiger partial charge >= 0.3 is 12.4 Å². The van der Waals surface area contributed by atoms with Crippen LogP contribution >= 0.6 is 0 Å². The van der Waals surface area contributed by atoms with Gasteiger partial charge in [-0.1, -0.05) is 19.9 Å². The van der Waals surface area contributed by atoms with Crippen LogP contribution in [0.1, 0.15) is 51.5 Å². The largest absolute Gasteiger partial charge is 0.586 e. The number of hydrogen-bond donors (Lipinski definition) is 5. The molecular weight excluding hydrogens is 626 g/mol. The Balaban J connectivity index is 1.37. The molecule has 15 nitrogen and oxygen atoms in total. The van der Waals surface area contributed by atoms with Gasteiger partial charge < -0.3 is 40.2 Å². The third kappa shape index (κ3) is 8.91. The number of nitrogens with zero attached hydrogens (tertiary/aromatic N) is 1. The first-order valence-corrected chi connectivity index (χ1v) is 15.9. The van der Waals surface area contributed by atoms with Crippen molar-refractivity contribution < 1.29 is 60.2 Å². The van der Waals surface area contributed by atoms with E-state index >= 15 is 0 Å². The van der Waals surface area contributed by atoms with Crippen LogP contribution in [0.3, 0.4) is 0 Å². The second-order valence-electron chi connectivity index (χ2n) is 11.6. The Morgan fingerprint density at radius 1 is 1.18 bits per heavy atom. The number of alkyl halides is 2. The fraction of sp³-hybridized carbons (Fsp3) is 0.630. The highest BCUT2D eigenvalue weighted by Gasteiger charge is 2.44. The number of likely N-dealkylation sites (tertiary alicyclic amines) is 1. The number of aliphatic hydroxyl groups excluding tert-OH is 1. The molecule has 0 spiro atoms. The van der Waals surface area contributed by atoms with Crippen LogP contribution in [0.25, 0.3) is 0 Å². The Kier molecular flexibility index (Phi) is 10.4. The van der Waals surface area contributed by atoms with E-state index < -0.39 is 63.8 Å². The van der Waals surface area contributed by atoms with Crippen LogP contribution in [-0.2, 0) is 35.8 Å². The minimum atomic E-state index is -5.02. The summed E-state index contributed by atoms with van der Waals surface area (Å²) in [5, 5.41) is 17.6. The molecule has 0 radical (unpaired) electrons. The molecule has 1 aromatic carbocycles. The second kappa shape index (κ2) is 13.7. The molecule has 250 valence electrons. The molecule has 0 aromatic heterocycles. The van der Waals surface area contributed by atoms with Crippen molar-refractivity contribution in [3.63, 3.8) is 0 Å². The van der Waals surface area contributed by atoms with Gasteiger partial charge in [-0.15, -0.1) is 8.78 Å². The smallest absolute Gasteiger partial charge is 0.447 e. The zero-order valence-electron chi connectivity index (χ0n) is 24.5. The highest BCUT2D eigenvalue weighted by atomic mass is 32.2. The van der Waals surface area contributed by atoms with E-state index in [-0.39, 0.29) is 55.7 Å². The van der Waals surface area contributed by atoms with E-state index in [4.69, 9.17) is 4.74 Å². The number of rotatable bonds is 13. The van der Waals surface area contributed by atoms with Crippen molar-refractivity contribution in [1.29, 1.82) is 0 Å². The molecule has 3 aliphatic rings. The maximum Gasteiger partial charge on any atom is 0.586 e. The Labute approximate surface area is 257 Å². The molecule has 1 unspecified atom stereocenters. The van der Waals surface area contributed by atoms with Gasteiger partial charge in [0.2, 0.25) is 23.2 Å². The summed E-state index contributed by atoms with van der Waals surface area (Å²) in [6.07, 6.45) is -4.17. The van der Waals surface area contributed by atoms with E-state index in [1.807, 2.05) is 0 Å². The summed E-state index contributed by atoms with van der Waals surface area (Å²) in [7, 11) is -5.02. The molecule has 0 saturated carbocycles. The van der Waals surface area contributed by atoms with Crippen molar-refractivity contribution in [3.8, 4) is 11.5 Å². The zero-order valence-corrected chi connectivity index (χ0v) is 25.3. The minimum Gasteiger partial charge on any atom is -0.447 e. The predicted molar refractivity (Wildman–Crippen MR) is 149 cm³/mol. The normalized spacial score (nSPS) is 22.6. The van der Waals surface area contributed by atoms with Gasteiger partial charge in [0.1, 0.15) is 12.6 Å². The quantitative estimate of drug-likeness (QED) is 0.187. The molecule has 2 fully saturated rings. The maximum absolute atomic E-state index is 13.4. The highest BCUT2D eigenvalue weighted by Crippen LogP contribution is 2.41. The van der Waals surface area contributed by atoms with Crippen molar-refractivity contribution in [1.82, 2.24) is 20.9 Å². The Morgan fingerprint density at radius 3 is 2.53 bits per heavy atom. The molecule has 5 atom stereocenters. The molecular formula is C27H36F2N4O11S. The van der Waals surface area contributed by atoms with E-state index in [9.17, 15) is 46.0 Å². The van der Waals surface area contributed by atoms with E-state index in [1.165, 1.54) is 23.1 Å². The van der Waals surface area contributed by atoms with Crippen LogP contribution in [0, 0.1) is 11.8 Å². The zero-order chi connectivity index (χ0) is 33.1. The number of hydrogen-bond acceptors (Lipinski definition) is 10. The van der Waals surface area contributed by atoms with E-state index in [0.717, 1.165) is 0 Å². The van der Waals surface area contributed by atoms with Crippen LogP contribution in [0.4, 0.5) is 13.6 Å². The molecule has 1 aromatic rings. The first-order chi connectivity index (χ1) is 21.0. The van der Waals surface area contributed by atoms with Gasteiger partial charge in [-0.25, -0.2) is 4.79 Å². The van der Waals surface area contributed by atoms with E-state index in [0.29, 0.717) is 24.9 Å². The van der Waals surface area contributed by atoms with Gasteiger partial charge in [0.15, 0.2) is 11.5 Å². The van der Waals surface area contributed by atoms with Crippen molar-refractivity contribution in [2.24, 2.45) is 11.8 Å². The molecule has 0 aliphatic carbocycles. The lowest BCUT2D eigenvalue weighted by Crippen LogP contribution is -2.55. The lowest BCUT2D eigenvalue weighted by molar-refractivity contribution is -0.286. The first-order valence-electron chi connectivity index (χ1n) is 14.4. The summed E-state index contributed by atoms with van der Waals surface area (Å²) >= 11 is 0.